The van der Waals surface area contributed by atoms with Crippen LogP contribution >= 0.6 is 11.3 Å². The maximum atomic E-state index is 5.66. The molecule has 7 aromatic rings. The Hall–Kier alpha value is -4.67. The van der Waals surface area contributed by atoms with E-state index >= 15 is 0 Å². The molecule has 0 amide bonds. The average molecular weight is 666 g/mol. The molecule has 5 aliphatic carbocycles. The van der Waals surface area contributed by atoms with Crippen molar-refractivity contribution in [2.45, 2.75) is 56.8 Å². The minimum atomic E-state index is -0.252. The summed E-state index contributed by atoms with van der Waals surface area (Å²) >= 11 is 1.90. The number of fused-ring (bicyclic) bond motifs is 6. The number of hydrogen-bond acceptors (Lipinski definition) is 4. The fraction of sp³-hybridized carbons (Fsp3) is 0.283. The Balaban J connectivity index is 1.16. The van der Waals surface area contributed by atoms with Crippen LogP contribution in [0.2, 0.25) is 0 Å². The van der Waals surface area contributed by atoms with Crippen LogP contribution in [0.25, 0.3) is 54.1 Å². The minimum absolute atomic E-state index is 0.0958. The Morgan fingerprint density at radius 1 is 0.540 bits per heavy atom. The lowest BCUT2D eigenvalue weighted by Gasteiger charge is -2.60. The summed E-state index contributed by atoms with van der Waals surface area (Å²) in [5.74, 6) is 5.25. The highest BCUT2D eigenvalue weighted by atomic mass is 32.1. The number of nitrogens with zero attached hydrogens (tertiary/aromatic N) is 3. The van der Waals surface area contributed by atoms with E-state index in [1.807, 2.05) is 11.3 Å². The lowest BCUT2D eigenvalue weighted by atomic mass is 9.43. The highest BCUT2D eigenvalue weighted by Gasteiger charge is 2.60. The van der Waals surface area contributed by atoms with Crippen LogP contribution in [-0.2, 0) is 10.8 Å². The lowest BCUT2D eigenvalue weighted by Crippen LogP contribution is -2.57. The first kappa shape index (κ1) is 29.1. The molecule has 2 aromatic heterocycles. The van der Waals surface area contributed by atoms with Gasteiger partial charge in [0.1, 0.15) is 5.82 Å². The molecule has 244 valence electrons. The molecule has 4 bridgehead atoms. The summed E-state index contributed by atoms with van der Waals surface area (Å²) in [4.78, 5) is 16.5. The zero-order chi connectivity index (χ0) is 33.2. The second kappa shape index (κ2) is 10.4. The molecule has 0 spiro atoms. The van der Waals surface area contributed by atoms with Gasteiger partial charge in [-0.2, -0.15) is 0 Å². The van der Waals surface area contributed by atoms with Gasteiger partial charge in [-0.05, 0) is 108 Å². The topological polar surface area (TPSA) is 38.7 Å². The van der Waals surface area contributed by atoms with E-state index in [1.54, 1.807) is 0 Å². The van der Waals surface area contributed by atoms with E-state index in [4.69, 9.17) is 15.0 Å². The lowest BCUT2D eigenvalue weighted by molar-refractivity contribution is -0.0453. The monoisotopic (exact) mass is 665 g/mol. The van der Waals surface area contributed by atoms with E-state index in [-0.39, 0.29) is 10.8 Å². The van der Waals surface area contributed by atoms with Crippen molar-refractivity contribution in [2.24, 2.45) is 23.7 Å². The molecule has 0 saturated heterocycles. The number of hydrogen-bond donors (Lipinski definition) is 0. The second-order valence-corrected chi connectivity index (χ2v) is 17.2. The smallest absolute Gasteiger partial charge is 0.163 e. The fourth-order valence-corrected chi connectivity index (χ4v) is 12.2. The molecule has 4 saturated carbocycles. The van der Waals surface area contributed by atoms with Crippen molar-refractivity contribution < 1.29 is 0 Å². The SMILES string of the molecule is CC1(C)c2ccccc2-c2ccc(-c3nc(-c4ccccc4)nc(C4(c5ccc6sc7ccccc7c6c5)C5CC6CC(C5)CC4C6)n3)cc21. The summed E-state index contributed by atoms with van der Waals surface area (Å²) in [7, 11) is 0. The molecule has 12 rings (SSSR count). The highest BCUT2D eigenvalue weighted by Crippen LogP contribution is 2.65. The Morgan fingerprint density at radius 3 is 2.00 bits per heavy atom. The van der Waals surface area contributed by atoms with Gasteiger partial charge < -0.3 is 0 Å². The first-order valence-corrected chi connectivity index (χ1v) is 19.3. The van der Waals surface area contributed by atoms with Crippen LogP contribution in [0.1, 0.15) is 68.5 Å². The van der Waals surface area contributed by atoms with E-state index in [2.05, 4.69) is 129 Å². The van der Waals surface area contributed by atoms with Gasteiger partial charge in [0.2, 0.25) is 0 Å². The second-order valence-electron chi connectivity index (χ2n) is 16.1. The molecular formula is C46H39N3S. The predicted molar refractivity (Wildman–Crippen MR) is 205 cm³/mol. The van der Waals surface area contributed by atoms with Crippen LogP contribution in [0, 0.1) is 23.7 Å². The van der Waals surface area contributed by atoms with Crippen LogP contribution in [0.5, 0.6) is 0 Å². The zero-order valence-corrected chi connectivity index (χ0v) is 29.4. The van der Waals surface area contributed by atoms with Gasteiger partial charge in [-0.1, -0.05) is 105 Å². The van der Waals surface area contributed by atoms with Crippen molar-refractivity contribution in [1.29, 1.82) is 0 Å². The van der Waals surface area contributed by atoms with Crippen molar-refractivity contribution in [1.82, 2.24) is 15.0 Å². The summed E-state index contributed by atoms with van der Waals surface area (Å²) in [5.41, 5.74) is 8.57. The summed E-state index contributed by atoms with van der Waals surface area (Å²) in [6.45, 7) is 4.70. The fourth-order valence-electron chi connectivity index (χ4n) is 11.1. The maximum Gasteiger partial charge on any atom is 0.163 e. The van der Waals surface area contributed by atoms with Crippen molar-refractivity contribution in [3.05, 3.63) is 138 Å². The Bertz CT molecular complexity index is 2460. The van der Waals surface area contributed by atoms with Gasteiger partial charge in [0.05, 0.1) is 5.41 Å². The summed E-state index contributed by atoms with van der Waals surface area (Å²) in [6, 6.07) is 42.6. The third-order valence-corrected chi connectivity index (χ3v) is 14.3. The van der Waals surface area contributed by atoms with Gasteiger partial charge in [-0.3, -0.25) is 0 Å². The summed E-state index contributed by atoms with van der Waals surface area (Å²) in [5, 5.41) is 2.73. The molecule has 0 atom stereocenters. The van der Waals surface area contributed by atoms with Crippen molar-refractivity contribution in [3.8, 4) is 33.9 Å². The first-order chi connectivity index (χ1) is 24.5. The minimum Gasteiger partial charge on any atom is -0.212 e. The molecule has 50 heavy (non-hydrogen) atoms. The Morgan fingerprint density at radius 2 is 1.20 bits per heavy atom. The molecule has 5 aromatic carbocycles. The summed E-state index contributed by atoms with van der Waals surface area (Å²) in [6.07, 6.45) is 6.47. The van der Waals surface area contributed by atoms with E-state index in [9.17, 15) is 0 Å². The van der Waals surface area contributed by atoms with Crippen LogP contribution in [0.4, 0.5) is 0 Å². The third kappa shape index (κ3) is 4.00. The molecule has 2 heterocycles. The Labute approximate surface area is 297 Å². The van der Waals surface area contributed by atoms with E-state index in [1.165, 1.54) is 80.1 Å². The molecule has 5 aliphatic rings. The van der Waals surface area contributed by atoms with Gasteiger partial charge in [0.25, 0.3) is 0 Å². The van der Waals surface area contributed by atoms with E-state index in [0.29, 0.717) is 11.8 Å². The van der Waals surface area contributed by atoms with Crippen molar-refractivity contribution in [3.63, 3.8) is 0 Å². The molecular weight excluding hydrogens is 627 g/mol. The predicted octanol–water partition coefficient (Wildman–Crippen LogP) is 11.6. The van der Waals surface area contributed by atoms with Crippen LogP contribution in [0.15, 0.2) is 115 Å². The molecule has 0 aliphatic heterocycles. The normalized spacial score (nSPS) is 25.6. The van der Waals surface area contributed by atoms with Gasteiger partial charge in [-0.25, -0.2) is 15.0 Å². The van der Waals surface area contributed by atoms with Crippen LogP contribution in [-0.4, -0.2) is 15.0 Å². The highest BCUT2D eigenvalue weighted by molar-refractivity contribution is 7.25. The van der Waals surface area contributed by atoms with E-state index in [0.717, 1.165) is 40.4 Å². The van der Waals surface area contributed by atoms with Gasteiger partial charge in [0, 0.05) is 36.7 Å². The van der Waals surface area contributed by atoms with Gasteiger partial charge >= 0.3 is 0 Å². The average Bonchev–Trinajstić information content (AvgIpc) is 3.63. The number of thiophene rings is 1. The Kier molecular flexibility index (Phi) is 6.07. The first-order valence-electron chi connectivity index (χ1n) is 18.5. The standard InChI is InChI=1S/C46H39N3S/c1-45(2)38-14-8-6-12-34(38)35-18-16-30(25-39(35)45)43-47-42(29-10-4-3-5-11-29)48-44(49-43)46(32-21-27-20-28(23-32)24-33(46)22-27)31-17-19-41-37(26-31)36-13-7-9-15-40(36)50-41/h3-19,25-28,32-33H,20-24H2,1-2H3. The maximum absolute atomic E-state index is 5.66. The molecule has 3 nitrogen and oxygen atoms in total. The van der Waals surface area contributed by atoms with Crippen molar-refractivity contribution >= 4 is 31.5 Å². The largest absolute Gasteiger partial charge is 0.212 e. The van der Waals surface area contributed by atoms with Gasteiger partial charge in [-0.15, -0.1) is 11.3 Å². The van der Waals surface area contributed by atoms with Crippen LogP contribution in [0.3, 0.4) is 0 Å². The molecule has 0 unspecified atom stereocenters. The number of benzene rings is 5. The molecule has 0 N–H and O–H groups in total. The van der Waals surface area contributed by atoms with Gasteiger partial charge in [0.15, 0.2) is 11.6 Å². The quantitative estimate of drug-likeness (QED) is 0.188. The van der Waals surface area contributed by atoms with Crippen molar-refractivity contribution in [2.75, 3.05) is 0 Å². The third-order valence-electron chi connectivity index (χ3n) is 13.2. The van der Waals surface area contributed by atoms with E-state index < -0.39 is 0 Å². The molecule has 4 fully saturated rings. The number of aromatic nitrogens is 3. The molecule has 4 heteroatoms. The molecule has 0 radical (unpaired) electrons. The zero-order valence-electron chi connectivity index (χ0n) is 28.6. The number of rotatable bonds is 4. The van der Waals surface area contributed by atoms with Crippen LogP contribution < -0.4 is 0 Å². The summed E-state index contributed by atoms with van der Waals surface area (Å²) < 4.78 is 2.71.